The van der Waals surface area contributed by atoms with Gasteiger partial charge in [-0.1, -0.05) is 30.3 Å². The van der Waals surface area contributed by atoms with Crippen LogP contribution in [-0.4, -0.2) is 6.29 Å². The highest BCUT2D eigenvalue weighted by Crippen LogP contribution is 2.27. The molecule has 1 nitrogen and oxygen atoms in total. The minimum Gasteiger partial charge on any atom is -0.302 e. The van der Waals surface area contributed by atoms with E-state index in [1.807, 2.05) is 0 Å². The fraction of sp³-hybridized carbons (Fsp3) is 0.188. The highest BCUT2D eigenvalue weighted by atomic mass is 19.1. The molecular formula is C16H14F2O. The van der Waals surface area contributed by atoms with E-state index in [1.165, 1.54) is 18.2 Å². The van der Waals surface area contributed by atoms with E-state index >= 15 is 0 Å². The Labute approximate surface area is 110 Å². The highest BCUT2D eigenvalue weighted by Gasteiger charge is 2.28. The summed E-state index contributed by atoms with van der Waals surface area (Å²) in [5.74, 6) is -0.758. The van der Waals surface area contributed by atoms with Crippen LogP contribution in [0.15, 0.2) is 48.5 Å². The van der Waals surface area contributed by atoms with Crippen LogP contribution in [0, 0.1) is 11.6 Å². The van der Waals surface area contributed by atoms with Crippen LogP contribution in [0.2, 0.25) is 0 Å². The maximum Gasteiger partial charge on any atom is 0.130 e. The van der Waals surface area contributed by atoms with Crippen molar-refractivity contribution >= 4 is 6.29 Å². The molecule has 0 fully saturated rings. The summed E-state index contributed by atoms with van der Waals surface area (Å²) in [5.41, 5.74) is 0.0525. The van der Waals surface area contributed by atoms with Gasteiger partial charge >= 0.3 is 0 Å². The van der Waals surface area contributed by atoms with E-state index in [4.69, 9.17) is 0 Å². The number of hydrogen-bond acceptors (Lipinski definition) is 1. The third kappa shape index (κ3) is 2.87. The van der Waals surface area contributed by atoms with Gasteiger partial charge in [0.15, 0.2) is 0 Å². The second-order valence-corrected chi connectivity index (χ2v) is 4.81. The van der Waals surface area contributed by atoms with Crippen molar-refractivity contribution in [3.63, 3.8) is 0 Å². The molecule has 0 aromatic heterocycles. The lowest BCUT2D eigenvalue weighted by Gasteiger charge is -2.24. The molecule has 0 heterocycles. The quantitative estimate of drug-likeness (QED) is 0.767. The molecule has 0 aliphatic rings. The van der Waals surface area contributed by atoms with Crippen molar-refractivity contribution in [3.05, 3.63) is 71.3 Å². The number of carbonyl (C=O) groups is 1. The molecule has 1 atom stereocenters. The van der Waals surface area contributed by atoms with Crippen molar-refractivity contribution in [1.82, 2.24) is 0 Å². The van der Waals surface area contributed by atoms with E-state index in [-0.39, 0.29) is 12.2 Å². The minimum absolute atomic E-state index is 0.201. The summed E-state index contributed by atoms with van der Waals surface area (Å²) in [7, 11) is 0. The normalized spacial score (nSPS) is 13.8. The molecule has 0 aliphatic carbocycles. The lowest BCUT2D eigenvalue weighted by atomic mass is 9.78. The van der Waals surface area contributed by atoms with Crippen LogP contribution >= 0.6 is 0 Å². The molecule has 19 heavy (non-hydrogen) atoms. The maximum atomic E-state index is 13.7. The number of aldehydes is 1. The number of benzene rings is 2. The Morgan fingerprint density at radius 3 is 2.47 bits per heavy atom. The first-order valence-corrected chi connectivity index (χ1v) is 6.01. The lowest BCUT2D eigenvalue weighted by Crippen LogP contribution is -2.27. The molecule has 3 heteroatoms. The topological polar surface area (TPSA) is 17.1 Å². The van der Waals surface area contributed by atoms with E-state index in [0.29, 0.717) is 11.1 Å². The molecule has 0 radical (unpaired) electrons. The fourth-order valence-electron chi connectivity index (χ4n) is 2.09. The van der Waals surface area contributed by atoms with Crippen LogP contribution in [0.1, 0.15) is 18.1 Å². The molecule has 2 rings (SSSR count). The van der Waals surface area contributed by atoms with Gasteiger partial charge in [-0.15, -0.1) is 0 Å². The van der Waals surface area contributed by atoms with Crippen LogP contribution in [-0.2, 0) is 16.6 Å². The Kier molecular flexibility index (Phi) is 3.74. The SMILES string of the molecule is CC(C=O)(Cc1ccccc1F)c1cccc(F)c1. The van der Waals surface area contributed by atoms with Gasteiger partial charge in [-0.05, 0) is 42.7 Å². The fourth-order valence-corrected chi connectivity index (χ4v) is 2.09. The van der Waals surface area contributed by atoms with Crippen molar-refractivity contribution in [2.24, 2.45) is 0 Å². The van der Waals surface area contributed by atoms with Gasteiger partial charge in [0.25, 0.3) is 0 Å². The summed E-state index contributed by atoms with van der Waals surface area (Å²) < 4.78 is 26.9. The maximum absolute atomic E-state index is 13.7. The predicted octanol–water partition coefficient (Wildman–Crippen LogP) is 3.66. The molecule has 0 saturated carbocycles. The van der Waals surface area contributed by atoms with Crippen LogP contribution in [0.5, 0.6) is 0 Å². The third-order valence-electron chi connectivity index (χ3n) is 3.26. The average Bonchev–Trinajstić information content (AvgIpc) is 2.41. The number of rotatable bonds is 4. The van der Waals surface area contributed by atoms with Crippen molar-refractivity contribution in [1.29, 1.82) is 0 Å². The molecule has 0 aliphatic heterocycles. The zero-order chi connectivity index (χ0) is 13.9. The zero-order valence-corrected chi connectivity index (χ0v) is 10.6. The van der Waals surface area contributed by atoms with Gasteiger partial charge in [0, 0.05) is 0 Å². The molecule has 2 aromatic carbocycles. The van der Waals surface area contributed by atoms with Crippen molar-refractivity contribution in [3.8, 4) is 0 Å². The van der Waals surface area contributed by atoms with Gasteiger partial charge in [0.1, 0.15) is 17.9 Å². The van der Waals surface area contributed by atoms with E-state index in [2.05, 4.69) is 0 Å². The summed E-state index contributed by atoms with van der Waals surface area (Å²) in [6, 6.07) is 12.2. The molecule has 1 unspecified atom stereocenters. The monoisotopic (exact) mass is 260 g/mol. The van der Waals surface area contributed by atoms with Crippen molar-refractivity contribution in [2.45, 2.75) is 18.8 Å². The Morgan fingerprint density at radius 1 is 1.11 bits per heavy atom. The van der Waals surface area contributed by atoms with Crippen LogP contribution in [0.25, 0.3) is 0 Å². The van der Waals surface area contributed by atoms with E-state index < -0.39 is 11.2 Å². The Hall–Kier alpha value is -2.03. The Balaban J connectivity index is 2.39. The average molecular weight is 260 g/mol. The molecule has 98 valence electrons. The number of hydrogen-bond donors (Lipinski definition) is 0. The van der Waals surface area contributed by atoms with E-state index in [0.717, 1.165) is 6.29 Å². The summed E-state index contributed by atoms with van der Waals surface area (Å²) in [4.78, 5) is 11.4. The minimum atomic E-state index is -0.940. The van der Waals surface area contributed by atoms with E-state index in [9.17, 15) is 13.6 Å². The van der Waals surface area contributed by atoms with Crippen molar-refractivity contribution < 1.29 is 13.6 Å². The molecular weight excluding hydrogens is 246 g/mol. The molecule has 0 amide bonds. The van der Waals surface area contributed by atoms with Crippen LogP contribution in [0.4, 0.5) is 8.78 Å². The zero-order valence-electron chi connectivity index (χ0n) is 10.6. The van der Waals surface area contributed by atoms with Crippen LogP contribution < -0.4 is 0 Å². The summed E-state index contributed by atoms with van der Waals surface area (Å²) >= 11 is 0. The Morgan fingerprint density at radius 2 is 1.84 bits per heavy atom. The van der Waals surface area contributed by atoms with Gasteiger partial charge in [-0.25, -0.2) is 8.78 Å². The number of carbonyl (C=O) groups excluding carboxylic acids is 1. The summed E-state index contributed by atoms with van der Waals surface area (Å²) in [5, 5.41) is 0. The predicted molar refractivity (Wildman–Crippen MR) is 69.9 cm³/mol. The molecule has 2 aromatic rings. The van der Waals surface area contributed by atoms with Crippen LogP contribution in [0.3, 0.4) is 0 Å². The third-order valence-corrected chi connectivity index (χ3v) is 3.26. The summed E-state index contributed by atoms with van der Waals surface area (Å²) in [6.45, 7) is 1.68. The molecule has 0 spiro atoms. The molecule has 0 N–H and O–H groups in total. The van der Waals surface area contributed by atoms with Gasteiger partial charge in [0.05, 0.1) is 5.41 Å². The Bertz CT molecular complexity index is 595. The van der Waals surface area contributed by atoms with Gasteiger partial charge < -0.3 is 4.79 Å². The first-order valence-electron chi connectivity index (χ1n) is 6.01. The molecule has 0 saturated heterocycles. The van der Waals surface area contributed by atoms with Gasteiger partial charge in [-0.3, -0.25) is 0 Å². The first kappa shape index (κ1) is 13.4. The number of halogens is 2. The lowest BCUT2D eigenvalue weighted by molar-refractivity contribution is -0.112. The van der Waals surface area contributed by atoms with E-state index in [1.54, 1.807) is 37.3 Å². The smallest absolute Gasteiger partial charge is 0.130 e. The summed E-state index contributed by atoms with van der Waals surface area (Å²) in [6.07, 6.45) is 0.945. The van der Waals surface area contributed by atoms with Gasteiger partial charge in [0.2, 0.25) is 0 Å². The van der Waals surface area contributed by atoms with Crippen molar-refractivity contribution in [2.75, 3.05) is 0 Å². The second-order valence-electron chi connectivity index (χ2n) is 4.81. The second kappa shape index (κ2) is 5.31. The largest absolute Gasteiger partial charge is 0.302 e. The standard InChI is InChI=1S/C16H14F2O/c1-16(11-19,13-6-4-7-14(17)9-13)10-12-5-2-3-8-15(12)18/h2-9,11H,10H2,1H3. The highest BCUT2D eigenvalue weighted by molar-refractivity contribution is 5.68. The van der Waals surface area contributed by atoms with Gasteiger partial charge in [-0.2, -0.15) is 0 Å². The molecule has 0 bridgehead atoms. The first-order chi connectivity index (χ1) is 9.05.